The van der Waals surface area contributed by atoms with Crippen LogP contribution in [0.3, 0.4) is 0 Å². The second kappa shape index (κ2) is 10.5. The average Bonchev–Trinajstić information content (AvgIpc) is 2.79. The third kappa shape index (κ3) is 4.79. The summed E-state index contributed by atoms with van der Waals surface area (Å²) < 4.78 is 6.39. The molecule has 3 heteroatoms. The van der Waals surface area contributed by atoms with Gasteiger partial charge in [0, 0.05) is 21.1 Å². The summed E-state index contributed by atoms with van der Waals surface area (Å²) in [5, 5.41) is 0. The fourth-order valence-corrected chi connectivity index (χ4v) is 6.72. The highest BCUT2D eigenvalue weighted by Crippen LogP contribution is 2.69. The standard InChI is InChI=1S/C27H32O2S/c1-4-10-22-14-18-25(19-15-22)30(29-27(28)6-3,24-12-8-7-9-13-24)26-20-16-23(11-5-2)17-21-26/h7-9,12-21H,4-6,10-11H2,1-3H3. The average molecular weight is 421 g/mol. The van der Waals surface area contributed by atoms with Crippen molar-refractivity contribution in [3.8, 4) is 0 Å². The summed E-state index contributed by atoms with van der Waals surface area (Å²) in [6.45, 7) is 6.23. The van der Waals surface area contributed by atoms with E-state index in [4.69, 9.17) is 4.18 Å². The van der Waals surface area contributed by atoms with Gasteiger partial charge in [-0.05, 0) is 70.7 Å². The Labute approximate surface area is 182 Å². The van der Waals surface area contributed by atoms with E-state index in [2.05, 4.69) is 74.5 Å². The molecule has 30 heavy (non-hydrogen) atoms. The van der Waals surface area contributed by atoms with Gasteiger partial charge in [0.15, 0.2) is 0 Å². The second-order valence-corrected chi connectivity index (χ2v) is 10.2. The van der Waals surface area contributed by atoms with Crippen LogP contribution < -0.4 is 0 Å². The zero-order chi connectivity index (χ0) is 21.4. The minimum atomic E-state index is -2.16. The number of hydrogen-bond acceptors (Lipinski definition) is 2. The van der Waals surface area contributed by atoms with Gasteiger partial charge in [0.25, 0.3) is 0 Å². The Balaban J connectivity index is 2.22. The summed E-state index contributed by atoms with van der Waals surface area (Å²) in [6.07, 6.45) is 4.67. The molecule has 0 aliphatic carbocycles. The van der Waals surface area contributed by atoms with Crippen molar-refractivity contribution in [1.82, 2.24) is 0 Å². The lowest BCUT2D eigenvalue weighted by atomic mass is 10.1. The number of benzene rings is 3. The predicted molar refractivity (Wildman–Crippen MR) is 126 cm³/mol. The normalized spacial score (nSPS) is 11.8. The van der Waals surface area contributed by atoms with E-state index in [9.17, 15) is 4.79 Å². The first-order valence-electron chi connectivity index (χ1n) is 10.9. The molecule has 0 aliphatic heterocycles. The van der Waals surface area contributed by atoms with E-state index < -0.39 is 10.3 Å². The van der Waals surface area contributed by atoms with Gasteiger partial charge in [0.2, 0.25) is 0 Å². The van der Waals surface area contributed by atoms with E-state index in [0.29, 0.717) is 6.42 Å². The minimum Gasteiger partial charge on any atom is -0.402 e. The maximum Gasteiger partial charge on any atom is 0.316 e. The highest BCUT2D eigenvalue weighted by Gasteiger charge is 2.35. The summed E-state index contributed by atoms with van der Waals surface area (Å²) in [5.41, 5.74) is 2.62. The highest BCUT2D eigenvalue weighted by atomic mass is 32.3. The zero-order valence-electron chi connectivity index (χ0n) is 18.3. The van der Waals surface area contributed by atoms with E-state index >= 15 is 0 Å². The molecule has 0 saturated heterocycles. The van der Waals surface area contributed by atoms with Crippen LogP contribution in [-0.4, -0.2) is 5.97 Å². The van der Waals surface area contributed by atoms with Gasteiger partial charge in [-0.1, -0.05) is 76.1 Å². The highest BCUT2D eigenvalue weighted by molar-refractivity contribution is 8.30. The van der Waals surface area contributed by atoms with E-state index in [0.717, 1.165) is 40.4 Å². The van der Waals surface area contributed by atoms with Crippen LogP contribution in [0.25, 0.3) is 0 Å². The Kier molecular flexibility index (Phi) is 7.75. The number of rotatable bonds is 9. The van der Waals surface area contributed by atoms with Gasteiger partial charge >= 0.3 is 5.97 Å². The lowest BCUT2D eigenvalue weighted by molar-refractivity contribution is -0.133. The van der Waals surface area contributed by atoms with Crippen LogP contribution in [0.4, 0.5) is 0 Å². The lowest BCUT2D eigenvalue weighted by Crippen LogP contribution is -2.13. The van der Waals surface area contributed by atoms with Gasteiger partial charge in [0.1, 0.15) is 0 Å². The van der Waals surface area contributed by atoms with Crippen molar-refractivity contribution in [2.24, 2.45) is 0 Å². The number of hydrogen-bond donors (Lipinski definition) is 0. The van der Waals surface area contributed by atoms with E-state index in [1.807, 2.05) is 25.1 Å². The van der Waals surface area contributed by atoms with Crippen LogP contribution in [-0.2, 0) is 21.8 Å². The van der Waals surface area contributed by atoms with E-state index in [1.165, 1.54) is 11.1 Å². The van der Waals surface area contributed by atoms with Crippen molar-refractivity contribution in [2.45, 2.75) is 67.6 Å². The van der Waals surface area contributed by atoms with E-state index in [1.54, 1.807) is 0 Å². The number of aryl methyl sites for hydroxylation is 2. The second-order valence-electron chi connectivity index (χ2n) is 7.47. The maximum atomic E-state index is 12.7. The molecule has 0 aliphatic rings. The molecular formula is C27H32O2S. The monoisotopic (exact) mass is 420 g/mol. The molecule has 0 N–H and O–H groups in total. The van der Waals surface area contributed by atoms with Crippen LogP contribution in [0.5, 0.6) is 0 Å². The fourth-order valence-electron chi connectivity index (χ4n) is 3.64. The minimum absolute atomic E-state index is 0.177. The summed E-state index contributed by atoms with van der Waals surface area (Å²) >= 11 is 0. The Morgan fingerprint density at radius 2 is 1.10 bits per heavy atom. The molecular weight excluding hydrogens is 388 g/mol. The molecule has 0 radical (unpaired) electrons. The number of carbonyl (C=O) groups is 1. The molecule has 3 aromatic rings. The summed E-state index contributed by atoms with van der Waals surface area (Å²) in [7, 11) is -2.16. The fraction of sp³-hybridized carbons (Fsp3) is 0.296. The summed E-state index contributed by atoms with van der Waals surface area (Å²) in [5.74, 6) is -0.177. The van der Waals surface area contributed by atoms with Gasteiger partial charge in [-0.2, -0.15) is 0 Å². The van der Waals surface area contributed by atoms with Crippen molar-refractivity contribution in [3.05, 3.63) is 90.0 Å². The quantitative estimate of drug-likeness (QED) is 0.354. The van der Waals surface area contributed by atoms with Crippen molar-refractivity contribution in [1.29, 1.82) is 0 Å². The molecule has 0 heterocycles. The Morgan fingerprint density at radius 3 is 1.50 bits per heavy atom. The maximum absolute atomic E-state index is 12.7. The molecule has 0 aromatic heterocycles. The first kappa shape index (κ1) is 22.2. The molecule has 0 spiro atoms. The Hall–Kier alpha value is -2.52. The van der Waals surface area contributed by atoms with Gasteiger partial charge in [0.05, 0.1) is 0 Å². The van der Waals surface area contributed by atoms with Gasteiger partial charge in [-0.25, -0.2) is 0 Å². The molecule has 2 nitrogen and oxygen atoms in total. The van der Waals surface area contributed by atoms with E-state index in [-0.39, 0.29) is 5.97 Å². The third-order valence-corrected chi connectivity index (χ3v) is 8.41. The van der Waals surface area contributed by atoms with Crippen LogP contribution in [0.1, 0.15) is 51.2 Å². The van der Waals surface area contributed by atoms with Crippen LogP contribution in [0, 0.1) is 0 Å². The molecule has 3 rings (SSSR count). The molecule has 0 amide bonds. The van der Waals surface area contributed by atoms with Gasteiger partial charge in [-0.3, -0.25) is 4.79 Å². The van der Waals surface area contributed by atoms with Crippen LogP contribution in [0.15, 0.2) is 93.5 Å². The summed E-state index contributed by atoms with van der Waals surface area (Å²) in [4.78, 5) is 15.8. The molecule has 158 valence electrons. The molecule has 0 atom stereocenters. The molecule has 3 aromatic carbocycles. The van der Waals surface area contributed by atoms with Gasteiger partial charge < -0.3 is 4.18 Å². The Morgan fingerprint density at radius 1 is 0.667 bits per heavy atom. The van der Waals surface area contributed by atoms with Crippen LogP contribution in [0.2, 0.25) is 0 Å². The SMILES string of the molecule is CCCc1ccc(S(OC(=O)CC)(c2ccccc2)c2ccc(CCC)cc2)cc1. The lowest BCUT2D eigenvalue weighted by Gasteiger charge is -2.40. The molecule has 0 bridgehead atoms. The molecule has 0 unspecified atom stereocenters. The van der Waals surface area contributed by atoms with Gasteiger partial charge in [-0.15, -0.1) is 0 Å². The summed E-state index contributed by atoms with van der Waals surface area (Å²) in [6, 6.07) is 27.5. The largest absolute Gasteiger partial charge is 0.402 e. The molecule has 0 fully saturated rings. The first-order chi connectivity index (χ1) is 14.6. The van der Waals surface area contributed by atoms with Crippen molar-refractivity contribution in [2.75, 3.05) is 0 Å². The zero-order valence-corrected chi connectivity index (χ0v) is 19.1. The smallest absolute Gasteiger partial charge is 0.316 e. The van der Waals surface area contributed by atoms with Crippen LogP contribution >= 0.6 is 10.3 Å². The Bertz CT molecular complexity index is 881. The van der Waals surface area contributed by atoms with Crippen molar-refractivity contribution >= 4 is 16.3 Å². The topological polar surface area (TPSA) is 26.3 Å². The third-order valence-electron chi connectivity index (χ3n) is 5.17. The number of carbonyl (C=O) groups excluding carboxylic acids is 1. The van der Waals surface area contributed by atoms with Crippen molar-refractivity contribution in [3.63, 3.8) is 0 Å². The first-order valence-corrected chi connectivity index (χ1v) is 12.5. The predicted octanol–water partition coefficient (Wildman–Crippen LogP) is 7.74. The molecule has 0 saturated carbocycles. The van der Waals surface area contributed by atoms with Crippen molar-refractivity contribution < 1.29 is 8.98 Å².